The maximum atomic E-state index is 10.8. The predicted octanol–water partition coefficient (Wildman–Crippen LogP) is -0.0130. The Morgan fingerprint density at radius 2 is 2.15 bits per heavy atom. The molecule has 0 radical (unpaired) electrons. The summed E-state index contributed by atoms with van der Waals surface area (Å²) in [7, 11) is 0. The molecule has 1 unspecified atom stereocenters. The lowest BCUT2D eigenvalue weighted by molar-refractivity contribution is -0.130. The van der Waals surface area contributed by atoms with E-state index in [9.17, 15) is 9.90 Å². The van der Waals surface area contributed by atoms with Crippen LogP contribution in [-0.4, -0.2) is 27.7 Å². The molecule has 0 fully saturated rings. The van der Waals surface area contributed by atoms with Crippen LogP contribution in [-0.2, 0) is 4.79 Å². The van der Waals surface area contributed by atoms with Crippen molar-refractivity contribution in [2.24, 2.45) is 0 Å². The Morgan fingerprint density at radius 3 is 2.69 bits per heavy atom. The van der Waals surface area contributed by atoms with Gasteiger partial charge in [-0.25, -0.2) is 0 Å². The van der Waals surface area contributed by atoms with Crippen LogP contribution in [0.1, 0.15) is 11.7 Å². The molecule has 13 heavy (non-hydrogen) atoms. The first-order valence-electron chi connectivity index (χ1n) is 3.75. The predicted molar refractivity (Wildman–Crippen MR) is 45.2 cm³/mol. The van der Waals surface area contributed by atoms with Gasteiger partial charge < -0.3 is 15.3 Å². The van der Waals surface area contributed by atoms with Gasteiger partial charge in [0.05, 0.1) is 0 Å². The van der Waals surface area contributed by atoms with E-state index in [1.165, 1.54) is 24.3 Å². The summed E-state index contributed by atoms with van der Waals surface area (Å²) in [4.78, 5) is 10.8. The van der Waals surface area contributed by atoms with Crippen LogP contribution in [0.3, 0.4) is 0 Å². The molecule has 4 nitrogen and oxygen atoms in total. The highest BCUT2D eigenvalue weighted by atomic mass is 16.3. The van der Waals surface area contributed by atoms with Crippen molar-refractivity contribution in [3.63, 3.8) is 0 Å². The number of ketones is 1. The van der Waals surface area contributed by atoms with Crippen LogP contribution in [0.15, 0.2) is 24.3 Å². The van der Waals surface area contributed by atoms with Crippen molar-refractivity contribution in [3.05, 3.63) is 29.8 Å². The van der Waals surface area contributed by atoms with Crippen molar-refractivity contribution in [1.29, 1.82) is 0 Å². The summed E-state index contributed by atoms with van der Waals surface area (Å²) in [5.74, 6) is -0.715. The van der Waals surface area contributed by atoms with E-state index in [4.69, 9.17) is 10.2 Å². The molecular weight excluding hydrogens is 172 g/mol. The number of aliphatic hydroxyl groups is 2. The van der Waals surface area contributed by atoms with Crippen LogP contribution >= 0.6 is 0 Å². The molecule has 70 valence electrons. The number of aromatic hydroxyl groups is 1. The number of phenolic OH excluding ortho intramolecular Hbond substituents is 1. The van der Waals surface area contributed by atoms with Gasteiger partial charge in [-0.05, 0) is 17.7 Å². The highest BCUT2D eigenvalue weighted by Gasteiger charge is 2.15. The van der Waals surface area contributed by atoms with Crippen molar-refractivity contribution in [2.45, 2.75) is 6.10 Å². The van der Waals surface area contributed by atoms with E-state index in [1.54, 1.807) is 0 Å². The van der Waals surface area contributed by atoms with E-state index in [2.05, 4.69) is 0 Å². The van der Waals surface area contributed by atoms with Crippen LogP contribution < -0.4 is 0 Å². The maximum absolute atomic E-state index is 10.8. The van der Waals surface area contributed by atoms with Gasteiger partial charge >= 0.3 is 0 Å². The van der Waals surface area contributed by atoms with Crippen molar-refractivity contribution >= 4 is 5.78 Å². The maximum Gasteiger partial charge on any atom is 0.191 e. The average Bonchev–Trinajstić information content (AvgIpc) is 2.15. The highest BCUT2D eigenvalue weighted by Crippen LogP contribution is 2.18. The number of Topliss-reactive ketones (excluding diaryl/α,β-unsaturated/α-hetero) is 1. The summed E-state index contributed by atoms with van der Waals surface area (Å²) >= 11 is 0. The first-order chi connectivity index (χ1) is 6.15. The molecule has 0 saturated heterocycles. The van der Waals surface area contributed by atoms with Crippen LogP contribution in [0.2, 0.25) is 0 Å². The van der Waals surface area contributed by atoms with Gasteiger partial charge in [0.1, 0.15) is 18.5 Å². The molecule has 0 saturated carbocycles. The van der Waals surface area contributed by atoms with Crippen molar-refractivity contribution < 1.29 is 20.1 Å². The second kappa shape index (κ2) is 4.02. The second-order valence-corrected chi connectivity index (χ2v) is 2.62. The van der Waals surface area contributed by atoms with E-state index >= 15 is 0 Å². The quantitative estimate of drug-likeness (QED) is 0.614. The van der Waals surface area contributed by atoms with Gasteiger partial charge in [-0.1, -0.05) is 12.1 Å². The fourth-order valence-corrected chi connectivity index (χ4v) is 0.967. The Balaban J connectivity index is 2.88. The highest BCUT2D eigenvalue weighted by molar-refractivity contribution is 5.85. The van der Waals surface area contributed by atoms with Crippen molar-refractivity contribution in [2.75, 3.05) is 6.61 Å². The van der Waals surface area contributed by atoms with E-state index in [1.807, 2.05) is 0 Å². The minimum Gasteiger partial charge on any atom is -0.508 e. The molecule has 0 aliphatic heterocycles. The number of rotatable bonds is 3. The zero-order chi connectivity index (χ0) is 9.84. The topological polar surface area (TPSA) is 77.8 Å². The summed E-state index contributed by atoms with van der Waals surface area (Å²) < 4.78 is 0. The third kappa shape index (κ3) is 2.27. The lowest BCUT2D eigenvalue weighted by Gasteiger charge is -2.07. The Hall–Kier alpha value is -1.39. The van der Waals surface area contributed by atoms with Crippen LogP contribution in [0, 0.1) is 0 Å². The summed E-state index contributed by atoms with van der Waals surface area (Å²) in [6.07, 6.45) is -1.36. The van der Waals surface area contributed by atoms with Crippen molar-refractivity contribution in [3.8, 4) is 5.75 Å². The molecule has 1 aromatic rings. The molecule has 1 rings (SSSR count). The summed E-state index contributed by atoms with van der Waals surface area (Å²) in [5.41, 5.74) is 0.277. The molecule has 0 amide bonds. The molecule has 0 aliphatic rings. The summed E-state index contributed by atoms with van der Waals surface area (Å²) in [6.45, 7) is -0.711. The lowest BCUT2D eigenvalue weighted by atomic mass is 10.1. The fourth-order valence-electron chi connectivity index (χ4n) is 0.967. The molecule has 1 aromatic carbocycles. The normalized spacial score (nSPS) is 12.5. The van der Waals surface area contributed by atoms with Gasteiger partial charge in [0.15, 0.2) is 5.78 Å². The third-order valence-corrected chi connectivity index (χ3v) is 1.65. The Kier molecular flexibility index (Phi) is 3.00. The van der Waals surface area contributed by atoms with E-state index in [0.29, 0.717) is 0 Å². The number of carbonyl (C=O) groups is 1. The molecule has 4 heteroatoms. The van der Waals surface area contributed by atoms with Crippen LogP contribution in [0.25, 0.3) is 0 Å². The minimum absolute atomic E-state index is 0.0257. The van der Waals surface area contributed by atoms with Crippen LogP contribution in [0.5, 0.6) is 5.75 Å². The molecule has 1 atom stereocenters. The number of hydrogen-bond acceptors (Lipinski definition) is 4. The van der Waals surface area contributed by atoms with Crippen molar-refractivity contribution in [1.82, 2.24) is 0 Å². The molecular formula is C9H10O4. The molecule has 0 bridgehead atoms. The van der Waals surface area contributed by atoms with Gasteiger partial charge in [0.2, 0.25) is 0 Å². The summed E-state index contributed by atoms with van der Waals surface area (Å²) in [6, 6.07) is 5.72. The van der Waals surface area contributed by atoms with Gasteiger partial charge in [0.25, 0.3) is 0 Å². The van der Waals surface area contributed by atoms with Gasteiger partial charge in [-0.15, -0.1) is 0 Å². The lowest BCUT2D eigenvalue weighted by Crippen LogP contribution is -2.15. The molecule has 0 spiro atoms. The zero-order valence-electron chi connectivity index (χ0n) is 6.84. The number of aliphatic hydroxyl groups excluding tert-OH is 2. The minimum atomic E-state index is -1.36. The monoisotopic (exact) mass is 182 g/mol. The first kappa shape index (κ1) is 9.70. The van der Waals surface area contributed by atoms with Gasteiger partial charge in [-0.2, -0.15) is 0 Å². The Morgan fingerprint density at radius 1 is 1.46 bits per heavy atom. The SMILES string of the molecule is O=C(CO)C(O)c1cccc(O)c1. The van der Waals surface area contributed by atoms with E-state index < -0.39 is 18.5 Å². The molecule has 0 aromatic heterocycles. The molecule has 3 N–H and O–H groups in total. The van der Waals surface area contributed by atoms with Gasteiger partial charge in [-0.3, -0.25) is 4.79 Å². The third-order valence-electron chi connectivity index (χ3n) is 1.65. The fraction of sp³-hybridized carbons (Fsp3) is 0.222. The number of benzene rings is 1. The van der Waals surface area contributed by atoms with Gasteiger partial charge in [0, 0.05) is 0 Å². The smallest absolute Gasteiger partial charge is 0.191 e. The average molecular weight is 182 g/mol. The Labute approximate surface area is 75.1 Å². The zero-order valence-corrected chi connectivity index (χ0v) is 6.84. The van der Waals surface area contributed by atoms with E-state index in [0.717, 1.165) is 0 Å². The standard InChI is InChI=1S/C9H10O4/c10-5-8(12)9(13)6-2-1-3-7(11)4-6/h1-4,9-11,13H,5H2. The molecule has 0 aliphatic carbocycles. The number of phenols is 1. The second-order valence-electron chi connectivity index (χ2n) is 2.62. The number of hydrogen-bond donors (Lipinski definition) is 3. The van der Waals surface area contributed by atoms with E-state index in [-0.39, 0.29) is 11.3 Å². The van der Waals surface area contributed by atoms with Crippen LogP contribution in [0.4, 0.5) is 0 Å². The first-order valence-corrected chi connectivity index (χ1v) is 3.75. The Bertz CT molecular complexity index is 308. The largest absolute Gasteiger partial charge is 0.508 e. The number of carbonyl (C=O) groups excluding carboxylic acids is 1. The summed E-state index contributed by atoms with van der Waals surface area (Å²) in [5, 5.41) is 26.8. The molecule has 0 heterocycles.